The van der Waals surface area contributed by atoms with Gasteiger partial charge in [0.05, 0.1) is 20.3 Å². The molecule has 0 aromatic heterocycles. The molecule has 4 heteroatoms. The molecule has 0 spiro atoms. The lowest BCUT2D eigenvalue weighted by atomic mass is 9.95. The molecule has 0 aliphatic rings. The minimum Gasteiger partial charge on any atom is -0.497 e. The second-order valence-corrected chi connectivity index (χ2v) is 6.40. The molecule has 2 aromatic carbocycles. The molecule has 1 atom stereocenters. The van der Waals surface area contributed by atoms with Gasteiger partial charge in [0, 0.05) is 12.0 Å². The van der Waals surface area contributed by atoms with Gasteiger partial charge in [0.25, 0.3) is 0 Å². The molecule has 0 radical (unpaired) electrons. The highest BCUT2D eigenvalue weighted by Crippen LogP contribution is 2.17. The predicted octanol–water partition coefficient (Wildman–Crippen LogP) is 2.96. The summed E-state index contributed by atoms with van der Waals surface area (Å²) in [4.78, 5) is 0. The number of hydrogen-bond donors (Lipinski definition) is 2. The van der Waals surface area contributed by atoms with Crippen molar-refractivity contribution in [2.24, 2.45) is 5.73 Å². The van der Waals surface area contributed by atoms with Crippen LogP contribution in [0.5, 0.6) is 11.5 Å². The van der Waals surface area contributed by atoms with E-state index in [1.54, 1.807) is 7.11 Å². The topological polar surface area (TPSA) is 64.7 Å². The molecule has 0 aliphatic carbocycles. The minimum absolute atomic E-state index is 0.000441. The van der Waals surface area contributed by atoms with Gasteiger partial charge < -0.3 is 20.3 Å². The normalized spacial score (nSPS) is 13.3. The Kier molecular flexibility index (Phi) is 6.64. The molecular formula is C20H27NO3. The van der Waals surface area contributed by atoms with Crippen molar-refractivity contribution >= 4 is 0 Å². The molecule has 3 N–H and O–H groups in total. The zero-order valence-electron chi connectivity index (χ0n) is 14.5. The fraction of sp³-hybridized carbons (Fsp3) is 0.400. The number of aliphatic hydroxyl groups excluding tert-OH is 1. The van der Waals surface area contributed by atoms with Gasteiger partial charge in [-0.05, 0) is 55.2 Å². The lowest BCUT2D eigenvalue weighted by Gasteiger charge is -2.21. The van der Waals surface area contributed by atoms with Gasteiger partial charge in [0.15, 0.2) is 0 Å². The average Bonchev–Trinajstić information content (AvgIpc) is 2.62. The molecule has 0 bridgehead atoms. The van der Waals surface area contributed by atoms with Gasteiger partial charge in [-0.25, -0.2) is 0 Å². The lowest BCUT2D eigenvalue weighted by Crippen LogP contribution is -2.40. The first-order chi connectivity index (χ1) is 11.5. The number of rotatable bonds is 9. The molecular weight excluding hydrogens is 302 g/mol. The van der Waals surface area contributed by atoms with E-state index >= 15 is 0 Å². The molecule has 2 rings (SSSR count). The van der Waals surface area contributed by atoms with Crippen LogP contribution in [0, 0.1) is 0 Å². The van der Waals surface area contributed by atoms with E-state index in [2.05, 4.69) is 24.3 Å². The van der Waals surface area contributed by atoms with Crippen LogP contribution < -0.4 is 15.2 Å². The van der Waals surface area contributed by atoms with E-state index in [1.807, 2.05) is 31.2 Å². The van der Waals surface area contributed by atoms with E-state index in [9.17, 15) is 5.11 Å². The number of nitrogens with two attached hydrogens (primary N) is 1. The molecule has 24 heavy (non-hydrogen) atoms. The summed E-state index contributed by atoms with van der Waals surface area (Å²) in [6, 6.07) is 16.1. The summed E-state index contributed by atoms with van der Waals surface area (Å²) < 4.78 is 10.9. The van der Waals surface area contributed by atoms with Gasteiger partial charge in [0.1, 0.15) is 11.5 Å². The summed E-state index contributed by atoms with van der Waals surface area (Å²) in [5.74, 6) is 1.73. The number of aliphatic hydroxyl groups is 1. The number of aryl methyl sites for hydroxylation is 1. The van der Waals surface area contributed by atoms with Crippen molar-refractivity contribution in [2.75, 3.05) is 20.3 Å². The standard InChI is InChI=1S/C20H27NO3/c1-20(21,15-22)13-11-16-5-9-19(10-6-16)24-14-12-17-3-7-18(23-2)8-4-17/h3-10,22H,11-15,21H2,1-2H3. The smallest absolute Gasteiger partial charge is 0.119 e. The fourth-order valence-electron chi connectivity index (χ4n) is 2.34. The highest BCUT2D eigenvalue weighted by Gasteiger charge is 2.16. The van der Waals surface area contributed by atoms with E-state index in [0.717, 1.165) is 30.8 Å². The molecule has 0 saturated heterocycles. The first-order valence-electron chi connectivity index (χ1n) is 8.27. The molecule has 130 valence electrons. The van der Waals surface area contributed by atoms with Crippen molar-refractivity contribution < 1.29 is 14.6 Å². The van der Waals surface area contributed by atoms with E-state index in [-0.39, 0.29) is 6.61 Å². The van der Waals surface area contributed by atoms with Gasteiger partial charge in [0.2, 0.25) is 0 Å². The van der Waals surface area contributed by atoms with Crippen LogP contribution in [0.25, 0.3) is 0 Å². The lowest BCUT2D eigenvalue weighted by molar-refractivity contribution is 0.200. The quantitative estimate of drug-likeness (QED) is 0.742. The number of benzene rings is 2. The summed E-state index contributed by atoms with van der Waals surface area (Å²) in [6.45, 7) is 2.50. The number of methoxy groups -OCH3 is 1. The zero-order valence-corrected chi connectivity index (χ0v) is 14.5. The molecule has 4 nitrogen and oxygen atoms in total. The minimum atomic E-state index is -0.520. The Morgan fingerprint density at radius 2 is 1.46 bits per heavy atom. The van der Waals surface area contributed by atoms with Crippen LogP contribution in [0.1, 0.15) is 24.5 Å². The fourth-order valence-corrected chi connectivity index (χ4v) is 2.34. The predicted molar refractivity (Wildman–Crippen MR) is 96.6 cm³/mol. The molecule has 0 aliphatic heterocycles. The Labute approximate surface area is 144 Å². The van der Waals surface area contributed by atoms with Crippen molar-refractivity contribution in [3.63, 3.8) is 0 Å². The van der Waals surface area contributed by atoms with E-state index in [1.165, 1.54) is 11.1 Å². The maximum absolute atomic E-state index is 9.18. The van der Waals surface area contributed by atoms with Gasteiger partial charge in [-0.15, -0.1) is 0 Å². The summed E-state index contributed by atoms with van der Waals surface area (Å²) in [5, 5.41) is 9.18. The summed E-state index contributed by atoms with van der Waals surface area (Å²) >= 11 is 0. The maximum atomic E-state index is 9.18. The van der Waals surface area contributed by atoms with Gasteiger partial charge >= 0.3 is 0 Å². The van der Waals surface area contributed by atoms with E-state index in [0.29, 0.717) is 6.61 Å². The molecule has 1 unspecified atom stereocenters. The van der Waals surface area contributed by atoms with Crippen LogP contribution >= 0.6 is 0 Å². The Balaban J connectivity index is 1.77. The Morgan fingerprint density at radius 3 is 2.00 bits per heavy atom. The maximum Gasteiger partial charge on any atom is 0.119 e. The van der Waals surface area contributed by atoms with Crippen LogP contribution in [-0.4, -0.2) is 31.0 Å². The van der Waals surface area contributed by atoms with Crippen molar-refractivity contribution in [1.82, 2.24) is 0 Å². The summed E-state index contributed by atoms with van der Waals surface area (Å²) in [7, 11) is 1.67. The second-order valence-electron chi connectivity index (χ2n) is 6.40. The average molecular weight is 329 g/mol. The summed E-state index contributed by atoms with van der Waals surface area (Å²) in [6.07, 6.45) is 2.45. The highest BCUT2D eigenvalue weighted by atomic mass is 16.5. The second kappa shape index (κ2) is 8.71. The third-order valence-electron chi connectivity index (χ3n) is 4.09. The van der Waals surface area contributed by atoms with Crippen LogP contribution in [0.4, 0.5) is 0 Å². The van der Waals surface area contributed by atoms with Gasteiger partial charge in [-0.3, -0.25) is 0 Å². The first kappa shape index (κ1) is 18.3. The third-order valence-corrected chi connectivity index (χ3v) is 4.09. The van der Waals surface area contributed by atoms with Crippen LogP contribution in [0.3, 0.4) is 0 Å². The summed E-state index contributed by atoms with van der Waals surface area (Å²) in [5.41, 5.74) is 7.85. The Morgan fingerprint density at radius 1 is 0.917 bits per heavy atom. The van der Waals surface area contributed by atoms with Crippen molar-refractivity contribution in [3.8, 4) is 11.5 Å². The Hall–Kier alpha value is -2.04. The molecule has 0 heterocycles. The first-order valence-corrected chi connectivity index (χ1v) is 8.27. The molecule has 0 fully saturated rings. The highest BCUT2D eigenvalue weighted by molar-refractivity contribution is 5.29. The molecule has 0 saturated carbocycles. The van der Waals surface area contributed by atoms with Crippen LogP contribution in [-0.2, 0) is 12.8 Å². The molecule has 0 amide bonds. The largest absolute Gasteiger partial charge is 0.497 e. The van der Waals surface area contributed by atoms with Crippen molar-refractivity contribution in [3.05, 3.63) is 59.7 Å². The van der Waals surface area contributed by atoms with E-state index in [4.69, 9.17) is 15.2 Å². The van der Waals surface area contributed by atoms with E-state index < -0.39 is 5.54 Å². The van der Waals surface area contributed by atoms with Crippen molar-refractivity contribution in [2.45, 2.75) is 31.7 Å². The molecule has 2 aromatic rings. The Bertz CT molecular complexity index is 606. The number of hydrogen-bond acceptors (Lipinski definition) is 4. The van der Waals surface area contributed by atoms with Gasteiger partial charge in [-0.2, -0.15) is 0 Å². The van der Waals surface area contributed by atoms with Crippen LogP contribution in [0.15, 0.2) is 48.5 Å². The zero-order chi connectivity index (χ0) is 17.4. The van der Waals surface area contributed by atoms with Gasteiger partial charge in [-0.1, -0.05) is 24.3 Å². The van der Waals surface area contributed by atoms with Crippen LogP contribution in [0.2, 0.25) is 0 Å². The third kappa shape index (κ3) is 5.87. The number of ether oxygens (including phenoxy) is 2. The monoisotopic (exact) mass is 329 g/mol. The van der Waals surface area contributed by atoms with Crippen molar-refractivity contribution in [1.29, 1.82) is 0 Å². The SMILES string of the molecule is COc1ccc(CCOc2ccc(CCC(C)(N)CO)cc2)cc1.